The average Bonchev–Trinajstić information content (AvgIpc) is 1.40. The summed E-state index contributed by atoms with van der Waals surface area (Å²) in [7, 11) is 1.75. The summed E-state index contributed by atoms with van der Waals surface area (Å²) >= 11 is 0. The molecule has 8 saturated heterocycles. The van der Waals surface area contributed by atoms with Gasteiger partial charge in [-0.3, -0.25) is 43.2 Å². The zero-order chi connectivity index (χ0) is 109. The Bertz CT molecular complexity index is 3550. The minimum Gasteiger partial charge on any atom is -0.394 e. The van der Waals surface area contributed by atoms with Crippen molar-refractivity contribution in [3.05, 3.63) is 0 Å². The molecule has 0 unspecified atom stereocenters. The second-order valence-corrected chi connectivity index (χ2v) is 36.0. The van der Waals surface area contributed by atoms with Crippen molar-refractivity contribution in [2.75, 3.05) is 119 Å². The molecule has 8 rings (SSSR count). The lowest BCUT2D eigenvalue weighted by molar-refractivity contribution is -0.366. The quantitative estimate of drug-likeness (QED) is 0.0251. The number of nitrogens with zero attached hydrogens (tertiary/aromatic N) is 1. The molecule has 0 saturated carbocycles. The number of hydrogen-bond acceptors (Lipinski definition) is 52. The monoisotopic (exact) mass is 2130 g/mol. The summed E-state index contributed by atoms with van der Waals surface area (Å²) in [5.41, 5.74) is 5.13. The Labute approximate surface area is 840 Å². The van der Waals surface area contributed by atoms with Gasteiger partial charge in [-0.1, -0.05) is 0 Å². The van der Waals surface area contributed by atoms with E-state index in [1.54, 1.807) is 27.8 Å². The fraction of sp³-hybridized carbons (Fsp3) is 0.898. The first-order chi connectivity index (χ1) is 69.2. The van der Waals surface area contributed by atoms with Gasteiger partial charge in [0.05, 0.1) is 97.9 Å². The Morgan fingerprint density at radius 3 is 0.877 bits per heavy atom. The van der Waals surface area contributed by atoms with E-state index in [1.165, 1.54) is 13.8 Å². The molecule has 8 fully saturated rings. The Morgan fingerprint density at radius 1 is 0.301 bits per heavy atom. The van der Waals surface area contributed by atoms with Crippen LogP contribution in [0.1, 0.15) is 137 Å². The van der Waals surface area contributed by atoms with E-state index in [1.807, 2.05) is 0 Å². The summed E-state index contributed by atoms with van der Waals surface area (Å²) in [6, 6.07) is 0. The molecule has 0 aromatic carbocycles. The average molecular weight is 2130 g/mol. The van der Waals surface area contributed by atoms with E-state index in [4.69, 9.17) is 81.5 Å². The molecule has 0 radical (unpaired) electrons. The standard InChI is InChI=1S/2C28H50N2O18.C28H48N2O14.C4H9NO/c2*1-2-29-15(33)5-3-4-6-16(34)30-7-8-43-27-24(42)25(48-28-23(41)21(39)18(36)13(10-32)46-28)19(37)14(47-27)11-44-26-22(40)20(38)17(35)12(9-31)45-26;1-15-21(35)23(37)25(39)27(43-15)41-11-5-7-17(31)13-30(20(34)10-4-3-9-19(29)33)14-18(32)8-6-12-42-28-26(40)24(38)22(36)16(2)44-28;1-4(6)3-5-2/h2*12-14,17-28,31-32,35-42H,2-11H2,1H3,(H,29,33)(H,30,34);15-16,21-28,35-40H,3-14H2,1-2H3,(H2,29,33);5H,3H2,1-2H3/t2*12-,13-,14-,17-,18-,19-,20+,21+,22+,23+,24+,25+,26+,27+,28-;15-,16-,21+,22+,23+,24+,25-,26-,27+,28+;/m110./s1. The first-order valence-electron chi connectivity index (χ1n) is 48.6. The van der Waals surface area contributed by atoms with E-state index in [2.05, 4.69) is 26.6 Å². The number of aliphatic hydroxyl groups is 26. The smallest absolute Gasteiger partial charge is 0.223 e. The van der Waals surface area contributed by atoms with Crippen LogP contribution in [0, 0.1) is 0 Å². The number of Topliss-reactive ketones (excluding diaryl/α,β-unsaturated/α-hetero) is 3. The maximum Gasteiger partial charge on any atom is 0.223 e. The number of nitrogens with two attached hydrogens (primary N) is 1. The van der Waals surface area contributed by atoms with E-state index in [0.717, 1.165) is 4.90 Å². The number of nitrogens with one attached hydrogen (secondary N) is 5. The molecule has 146 heavy (non-hydrogen) atoms. The number of likely N-dealkylation sites (N-methyl/N-ethyl adjacent to an activating group) is 1. The zero-order valence-electron chi connectivity index (χ0n) is 82.3. The van der Waals surface area contributed by atoms with Crippen LogP contribution in [0.5, 0.6) is 0 Å². The van der Waals surface area contributed by atoms with Gasteiger partial charge in [-0.05, 0) is 93.0 Å². The number of carbonyl (C=O) groups is 9. The maximum absolute atomic E-state index is 12.9. The van der Waals surface area contributed by atoms with Crippen LogP contribution in [0.15, 0.2) is 0 Å². The number of ketones is 3. The highest BCUT2D eigenvalue weighted by Crippen LogP contribution is 2.35. The summed E-state index contributed by atoms with van der Waals surface area (Å²) < 4.78 is 87.7. The van der Waals surface area contributed by atoms with Gasteiger partial charge in [0.2, 0.25) is 35.4 Å². The van der Waals surface area contributed by atoms with Crippen molar-refractivity contribution in [2.24, 2.45) is 5.73 Å². The first-order valence-corrected chi connectivity index (χ1v) is 48.6. The molecule has 850 valence electrons. The van der Waals surface area contributed by atoms with Crippen molar-refractivity contribution >= 4 is 52.8 Å². The van der Waals surface area contributed by atoms with Gasteiger partial charge in [-0.15, -0.1) is 0 Å². The SMILES string of the molecule is CCNC(=O)CCCCC(=O)NCCO[C@H]1O[C@H](CO[C@H]2O[C@H](CO)[C@@H](O)[C@H](O)[C@@H]2O)[C@@H](O)[C@H](O[C@H]2O[C@H](CO)[C@@H](O)[C@H](O)[C@@H]2O)[C@@H]1O.CCNC(=O)CCCCC(=O)NCCO[C@H]1O[C@H](CO[C@H]2O[C@H](CO)[C@@H](O)[C@H](O)[C@@H]2O)[C@@H](O)[C@H](O[C@H]2O[C@H](CO)[C@@H](O)[C@H](O)[C@@H]2O)[C@@H]1O.CNCC(C)=O.C[C@@H]1O[C@@H](OCCCC(=O)CN(CC(=O)CCCO[C@@H]2O[C@@H](C)[C@@H](O)[C@@H](O)[C@@H]2O)C(=O)CCCCC(N)=O)[C@@H](O)[C@H](O)[C@@H]1O. The van der Waals surface area contributed by atoms with Gasteiger partial charge in [-0.25, -0.2) is 0 Å². The number of unbranched alkanes of at least 4 members (excludes halogenated alkanes) is 3. The summed E-state index contributed by atoms with van der Waals surface area (Å²) in [5.74, 6) is -2.29. The molecule has 58 heteroatoms. The molecule has 0 aromatic heterocycles. The summed E-state index contributed by atoms with van der Waals surface area (Å²) in [6.07, 6.45) is -58.0. The summed E-state index contributed by atoms with van der Waals surface area (Å²) in [5, 5.41) is 277. The van der Waals surface area contributed by atoms with Crippen LogP contribution in [0.4, 0.5) is 0 Å². The Hall–Kier alpha value is -5.89. The van der Waals surface area contributed by atoms with E-state index in [9.17, 15) is 176 Å². The number of amides is 6. The number of aliphatic hydroxyl groups excluding tert-OH is 26. The molecule has 0 spiro atoms. The molecular formula is C88H157N7O51. The van der Waals surface area contributed by atoms with Crippen LogP contribution >= 0.6 is 0 Å². The fourth-order valence-electron chi connectivity index (χ4n) is 15.8. The summed E-state index contributed by atoms with van der Waals surface area (Å²) in [4.78, 5) is 108. The molecule has 8 heterocycles. The first kappa shape index (κ1) is 131. The third kappa shape index (κ3) is 41.5. The molecule has 6 amide bonds. The van der Waals surface area contributed by atoms with Crippen molar-refractivity contribution in [2.45, 2.75) is 383 Å². The molecule has 58 nitrogen and oxygen atoms in total. The van der Waals surface area contributed by atoms with Crippen molar-refractivity contribution < 1.29 is 252 Å². The van der Waals surface area contributed by atoms with E-state index in [-0.39, 0.29) is 145 Å². The maximum atomic E-state index is 12.9. The lowest BCUT2D eigenvalue weighted by atomic mass is 9.96. The number of hydrogen-bond donors (Lipinski definition) is 32. The van der Waals surface area contributed by atoms with Gasteiger partial charge in [0.25, 0.3) is 0 Å². The molecule has 40 atom stereocenters. The second kappa shape index (κ2) is 67.6. The molecule has 8 aliphatic heterocycles. The molecular weight excluding hydrogens is 1970 g/mol. The van der Waals surface area contributed by atoms with Gasteiger partial charge >= 0.3 is 0 Å². The molecule has 0 bridgehead atoms. The predicted molar refractivity (Wildman–Crippen MR) is 484 cm³/mol. The Balaban J connectivity index is 0.000000374. The number of rotatable bonds is 55. The third-order valence-corrected chi connectivity index (χ3v) is 24.3. The van der Waals surface area contributed by atoms with Crippen LogP contribution in [-0.4, -0.2) is 555 Å². The van der Waals surface area contributed by atoms with Gasteiger partial charge in [0.1, 0.15) is 189 Å². The fourth-order valence-corrected chi connectivity index (χ4v) is 15.8. The van der Waals surface area contributed by atoms with Crippen molar-refractivity contribution in [3.63, 3.8) is 0 Å². The predicted octanol–water partition coefficient (Wildman–Crippen LogP) is -16.4. The van der Waals surface area contributed by atoms with Crippen LogP contribution in [0.25, 0.3) is 0 Å². The van der Waals surface area contributed by atoms with Crippen molar-refractivity contribution in [3.8, 4) is 0 Å². The lowest BCUT2D eigenvalue weighted by Crippen LogP contribution is -2.65. The molecule has 33 N–H and O–H groups in total. The topological polar surface area (TPSA) is 917 Å². The highest BCUT2D eigenvalue weighted by molar-refractivity contribution is 5.90. The van der Waals surface area contributed by atoms with Crippen molar-refractivity contribution in [1.29, 1.82) is 0 Å². The van der Waals surface area contributed by atoms with E-state index >= 15 is 0 Å². The van der Waals surface area contributed by atoms with Crippen LogP contribution in [0.3, 0.4) is 0 Å². The zero-order valence-corrected chi connectivity index (χ0v) is 82.3. The molecule has 0 aromatic rings. The lowest BCUT2D eigenvalue weighted by Gasteiger charge is -2.46. The normalized spacial score (nSPS) is 36.6. The molecule has 0 aliphatic carbocycles. The summed E-state index contributed by atoms with van der Waals surface area (Å²) in [6.45, 7) is 4.30. The number of carbonyl (C=O) groups excluding carboxylic acids is 9. The Kier molecular flexibility index (Phi) is 60.5. The van der Waals surface area contributed by atoms with Gasteiger partial charge in [0, 0.05) is 77.5 Å². The Morgan fingerprint density at radius 2 is 0.575 bits per heavy atom. The molecule has 8 aliphatic rings. The minimum absolute atomic E-state index is 0.00655. The van der Waals surface area contributed by atoms with Crippen LogP contribution in [0.2, 0.25) is 0 Å². The van der Waals surface area contributed by atoms with Crippen molar-refractivity contribution in [1.82, 2.24) is 31.5 Å². The third-order valence-electron chi connectivity index (χ3n) is 24.3. The van der Waals surface area contributed by atoms with E-state index in [0.29, 0.717) is 71.0 Å². The number of primary amides is 1. The number of ether oxygens (including phenoxy) is 16. The van der Waals surface area contributed by atoms with Gasteiger partial charge < -0.3 is 246 Å². The van der Waals surface area contributed by atoms with Gasteiger partial charge in [-0.2, -0.15) is 0 Å². The van der Waals surface area contributed by atoms with Crippen LogP contribution < -0.4 is 32.3 Å². The highest BCUT2D eigenvalue weighted by Gasteiger charge is 2.56. The van der Waals surface area contributed by atoms with Gasteiger partial charge in [0.15, 0.2) is 61.9 Å². The second-order valence-electron chi connectivity index (χ2n) is 36.0. The largest absolute Gasteiger partial charge is 0.394 e. The highest BCUT2D eigenvalue weighted by atomic mass is 16.8. The minimum atomic E-state index is -1.88. The van der Waals surface area contributed by atoms with E-state index < -0.39 is 297 Å². The van der Waals surface area contributed by atoms with Crippen LogP contribution in [-0.2, 0) is 119 Å².